The third-order valence-corrected chi connectivity index (χ3v) is 1.68. The number of carbonyl (C=O) groups excluding carboxylic acids is 1. The molecular weight excluding hydrogens is 144 g/mol. The third kappa shape index (κ3) is 3.95. The summed E-state index contributed by atoms with van der Waals surface area (Å²) in [6, 6.07) is 0.0440. The number of hydrogen-bond acceptors (Lipinski definition) is 3. The summed E-state index contributed by atoms with van der Waals surface area (Å²) < 4.78 is 0. The van der Waals surface area contributed by atoms with Gasteiger partial charge in [0.25, 0.3) is 0 Å². The van der Waals surface area contributed by atoms with E-state index in [0.717, 1.165) is 17.9 Å². The molecule has 0 aromatic rings. The summed E-state index contributed by atoms with van der Waals surface area (Å²) in [6.07, 6.45) is 1.64. The van der Waals surface area contributed by atoms with E-state index in [1.807, 2.05) is 13.8 Å². The van der Waals surface area contributed by atoms with Crippen LogP contribution >= 0.6 is 0 Å². The van der Waals surface area contributed by atoms with Crippen molar-refractivity contribution in [2.45, 2.75) is 32.7 Å². The van der Waals surface area contributed by atoms with E-state index in [0.29, 0.717) is 0 Å². The molecule has 0 saturated carbocycles. The van der Waals surface area contributed by atoms with Gasteiger partial charge < -0.3 is 10.9 Å². The highest BCUT2D eigenvalue weighted by Crippen LogP contribution is 2.04. The molecule has 0 unspecified atom stereocenters. The second-order valence-corrected chi connectivity index (χ2v) is 2.53. The first-order valence-electron chi connectivity index (χ1n) is 3.85. The number of rotatable bonds is 5. The van der Waals surface area contributed by atoms with Crippen LogP contribution in [0.1, 0.15) is 26.7 Å². The molecule has 0 radical (unpaired) electrons. The van der Waals surface area contributed by atoms with E-state index in [4.69, 9.17) is 5.73 Å². The summed E-state index contributed by atoms with van der Waals surface area (Å²) in [5.74, 6) is -0.501. The molecule has 4 heteroatoms. The maximum absolute atomic E-state index is 10.4. The summed E-state index contributed by atoms with van der Waals surface area (Å²) in [5, 5.41) is 10.2. The zero-order chi connectivity index (χ0) is 8.85. The van der Waals surface area contributed by atoms with Crippen LogP contribution in [0.25, 0.3) is 0 Å². The number of hydroxylamine groups is 2. The molecule has 0 rings (SSSR count). The standard InChI is InChI=1S/C7H16N2O2/c1-3-6(4-2)9(11)5-7(8)10/h6,11H,3-5H2,1-2H3,(H2,8,10). The number of hydrogen-bond donors (Lipinski definition) is 2. The van der Waals surface area contributed by atoms with Crippen molar-refractivity contribution in [2.24, 2.45) is 5.73 Å². The Kier molecular flexibility index (Phi) is 4.81. The van der Waals surface area contributed by atoms with E-state index in [-0.39, 0.29) is 12.6 Å². The molecule has 0 saturated heterocycles. The van der Waals surface area contributed by atoms with Crippen molar-refractivity contribution in [1.82, 2.24) is 5.06 Å². The first kappa shape index (κ1) is 10.4. The van der Waals surface area contributed by atoms with Gasteiger partial charge in [-0.05, 0) is 12.8 Å². The van der Waals surface area contributed by atoms with Crippen LogP contribution in [0.3, 0.4) is 0 Å². The average Bonchev–Trinajstić information content (AvgIpc) is 1.88. The molecule has 0 aromatic carbocycles. The lowest BCUT2D eigenvalue weighted by Crippen LogP contribution is -2.38. The Morgan fingerprint density at radius 3 is 2.27 bits per heavy atom. The molecule has 0 atom stereocenters. The highest BCUT2D eigenvalue weighted by atomic mass is 16.5. The molecule has 11 heavy (non-hydrogen) atoms. The van der Waals surface area contributed by atoms with E-state index >= 15 is 0 Å². The first-order valence-corrected chi connectivity index (χ1v) is 3.85. The minimum absolute atomic E-state index is 0.0440. The van der Waals surface area contributed by atoms with Crippen molar-refractivity contribution >= 4 is 5.91 Å². The summed E-state index contributed by atoms with van der Waals surface area (Å²) in [5.41, 5.74) is 4.90. The summed E-state index contributed by atoms with van der Waals surface area (Å²) >= 11 is 0. The zero-order valence-corrected chi connectivity index (χ0v) is 7.08. The van der Waals surface area contributed by atoms with E-state index in [2.05, 4.69) is 0 Å². The number of primary amides is 1. The van der Waals surface area contributed by atoms with Crippen LogP contribution in [-0.2, 0) is 4.79 Å². The van der Waals surface area contributed by atoms with Gasteiger partial charge in [-0.2, -0.15) is 5.06 Å². The Balaban J connectivity index is 3.78. The normalized spacial score (nSPS) is 11.0. The number of amides is 1. The molecule has 0 aromatic heterocycles. The predicted octanol–water partition coefficient (Wildman–Crippen LogP) is 0.352. The highest BCUT2D eigenvalue weighted by Gasteiger charge is 2.13. The van der Waals surface area contributed by atoms with Gasteiger partial charge in [-0.15, -0.1) is 0 Å². The van der Waals surface area contributed by atoms with Crippen LogP contribution in [-0.4, -0.2) is 28.8 Å². The lowest BCUT2D eigenvalue weighted by Gasteiger charge is -2.21. The van der Waals surface area contributed by atoms with Gasteiger partial charge in [0, 0.05) is 6.04 Å². The Morgan fingerprint density at radius 1 is 1.55 bits per heavy atom. The SMILES string of the molecule is CCC(CC)N(O)CC(N)=O. The van der Waals surface area contributed by atoms with Gasteiger partial charge >= 0.3 is 0 Å². The minimum atomic E-state index is -0.501. The van der Waals surface area contributed by atoms with Crippen molar-refractivity contribution in [1.29, 1.82) is 0 Å². The molecule has 4 nitrogen and oxygen atoms in total. The fourth-order valence-corrected chi connectivity index (χ4v) is 0.999. The van der Waals surface area contributed by atoms with Crippen LogP contribution in [0.2, 0.25) is 0 Å². The van der Waals surface area contributed by atoms with Crippen molar-refractivity contribution < 1.29 is 10.0 Å². The topological polar surface area (TPSA) is 66.6 Å². The fraction of sp³-hybridized carbons (Fsp3) is 0.857. The molecule has 0 fully saturated rings. The molecule has 0 heterocycles. The second kappa shape index (κ2) is 5.09. The second-order valence-electron chi connectivity index (χ2n) is 2.53. The lowest BCUT2D eigenvalue weighted by molar-refractivity contribution is -0.148. The van der Waals surface area contributed by atoms with Crippen LogP contribution < -0.4 is 5.73 Å². The largest absolute Gasteiger partial charge is 0.368 e. The predicted molar refractivity (Wildman–Crippen MR) is 42.1 cm³/mol. The van der Waals surface area contributed by atoms with Gasteiger partial charge in [-0.3, -0.25) is 4.79 Å². The monoisotopic (exact) mass is 160 g/mol. The number of carbonyl (C=O) groups is 1. The lowest BCUT2D eigenvalue weighted by atomic mass is 10.2. The molecule has 0 aliphatic carbocycles. The maximum atomic E-state index is 10.4. The van der Waals surface area contributed by atoms with Crippen molar-refractivity contribution in [2.75, 3.05) is 6.54 Å². The molecular formula is C7H16N2O2. The molecule has 3 N–H and O–H groups in total. The smallest absolute Gasteiger partial charge is 0.234 e. The van der Waals surface area contributed by atoms with Crippen molar-refractivity contribution in [3.63, 3.8) is 0 Å². The fourth-order valence-electron chi connectivity index (χ4n) is 0.999. The molecule has 0 bridgehead atoms. The van der Waals surface area contributed by atoms with E-state index < -0.39 is 5.91 Å². The van der Waals surface area contributed by atoms with Gasteiger partial charge in [0.05, 0.1) is 0 Å². The molecule has 66 valence electrons. The summed E-state index contributed by atoms with van der Waals surface area (Å²) in [4.78, 5) is 10.4. The number of nitrogens with zero attached hydrogens (tertiary/aromatic N) is 1. The molecule has 0 spiro atoms. The summed E-state index contributed by atoms with van der Waals surface area (Å²) in [7, 11) is 0. The molecule has 0 aliphatic rings. The van der Waals surface area contributed by atoms with Gasteiger partial charge in [0.15, 0.2) is 0 Å². The van der Waals surface area contributed by atoms with Crippen LogP contribution in [0.15, 0.2) is 0 Å². The van der Waals surface area contributed by atoms with Crippen LogP contribution in [0.4, 0.5) is 0 Å². The van der Waals surface area contributed by atoms with Crippen molar-refractivity contribution in [3.05, 3.63) is 0 Å². The van der Waals surface area contributed by atoms with E-state index in [1.165, 1.54) is 0 Å². The van der Waals surface area contributed by atoms with Gasteiger partial charge in [0.2, 0.25) is 5.91 Å². The Morgan fingerprint density at radius 2 is 2.00 bits per heavy atom. The summed E-state index contributed by atoms with van der Waals surface area (Å²) in [6.45, 7) is 3.84. The van der Waals surface area contributed by atoms with Crippen LogP contribution in [0, 0.1) is 0 Å². The van der Waals surface area contributed by atoms with E-state index in [9.17, 15) is 10.0 Å². The highest BCUT2D eigenvalue weighted by molar-refractivity contribution is 5.75. The van der Waals surface area contributed by atoms with Crippen LogP contribution in [0.5, 0.6) is 0 Å². The Labute approximate surface area is 66.9 Å². The van der Waals surface area contributed by atoms with Crippen molar-refractivity contribution in [3.8, 4) is 0 Å². The maximum Gasteiger partial charge on any atom is 0.234 e. The molecule has 0 aliphatic heterocycles. The van der Waals surface area contributed by atoms with Gasteiger partial charge in [-0.1, -0.05) is 13.8 Å². The van der Waals surface area contributed by atoms with E-state index in [1.54, 1.807) is 0 Å². The van der Waals surface area contributed by atoms with Gasteiger partial charge in [0.1, 0.15) is 6.54 Å². The quantitative estimate of drug-likeness (QED) is 0.570. The minimum Gasteiger partial charge on any atom is -0.368 e. The molecule has 1 amide bonds. The first-order chi connectivity index (χ1) is 5.11. The average molecular weight is 160 g/mol. The van der Waals surface area contributed by atoms with Gasteiger partial charge in [-0.25, -0.2) is 0 Å². The Hall–Kier alpha value is -0.610. The third-order valence-electron chi connectivity index (χ3n) is 1.68. The Bertz CT molecular complexity index is 124. The number of nitrogens with two attached hydrogens (primary N) is 1. The zero-order valence-electron chi connectivity index (χ0n) is 7.08.